The molecule has 1 rings (SSSR count). The highest BCUT2D eigenvalue weighted by atomic mass is 16.4. The molecule has 19 nitrogen and oxygen atoms in total. The Labute approximate surface area is 251 Å². The maximum atomic E-state index is 13.2. The number of aliphatic carboxylic acids is 3. The van der Waals surface area contributed by atoms with Gasteiger partial charge >= 0.3 is 17.9 Å². The number of rotatable bonds is 21. The van der Waals surface area contributed by atoms with Crippen molar-refractivity contribution in [3.8, 4) is 0 Å². The van der Waals surface area contributed by atoms with E-state index in [1.54, 1.807) is 0 Å². The molecule has 0 saturated carbocycles. The Hall–Kier alpha value is -4.62. The molecule has 0 fully saturated rings. The number of imidazole rings is 1. The summed E-state index contributed by atoms with van der Waals surface area (Å²) >= 11 is 0. The van der Waals surface area contributed by atoms with Crippen LogP contribution in [0.1, 0.15) is 51.1 Å². The molecule has 44 heavy (non-hydrogen) atoms. The fourth-order valence-corrected chi connectivity index (χ4v) is 3.86. The van der Waals surface area contributed by atoms with Gasteiger partial charge in [0.2, 0.25) is 23.6 Å². The second-order valence-corrected chi connectivity index (χ2v) is 9.93. The van der Waals surface area contributed by atoms with Crippen LogP contribution in [-0.2, 0) is 40.0 Å². The van der Waals surface area contributed by atoms with Gasteiger partial charge in [-0.1, -0.05) is 0 Å². The number of aromatic nitrogens is 2. The number of hydrogen-bond donors (Lipinski definition) is 11. The van der Waals surface area contributed by atoms with Crippen molar-refractivity contribution in [3.05, 3.63) is 18.2 Å². The van der Waals surface area contributed by atoms with E-state index in [0.29, 0.717) is 18.5 Å². The van der Waals surface area contributed by atoms with Crippen LogP contribution in [0, 0.1) is 0 Å². The maximum absolute atomic E-state index is 13.2. The highest BCUT2D eigenvalue weighted by Gasteiger charge is 2.34. The fourth-order valence-electron chi connectivity index (χ4n) is 3.86. The number of aromatic amines is 1. The van der Waals surface area contributed by atoms with Gasteiger partial charge in [-0.3, -0.25) is 28.8 Å². The van der Waals surface area contributed by atoms with E-state index in [1.807, 2.05) is 0 Å². The number of unbranched alkanes of at least 4 members (excludes halogenated alkanes) is 1. The topological polar surface area (TPSA) is 329 Å². The number of aliphatic hydroxyl groups is 1. The Morgan fingerprint density at radius 2 is 1.45 bits per heavy atom. The Morgan fingerprint density at radius 1 is 0.841 bits per heavy atom. The zero-order valence-electron chi connectivity index (χ0n) is 24.0. The molecule has 0 unspecified atom stereocenters. The van der Waals surface area contributed by atoms with E-state index >= 15 is 0 Å². The minimum absolute atomic E-state index is 0.0141. The molecule has 1 aromatic rings. The van der Waals surface area contributed by atoms with Crippen LogP contribution in [0.25, 0.3) is 0 Å². The maximum Gasteiger partial charge on any atom is 0.326 e. The molecular formula is C25H40N8O11. The van der Waals surface area contributed by atoms with Crippen LogP contribution in [0.2, 0.25) is 0 Å². The molecule has 0 aliphatic carbocycles. The highest BCUT2D eigenvalue weighted by molar-refractivity contribution is 5.96. The lowest BCUT2D eigenvalue weighted by molar-refractivity contribution is -0.143. The third-order valence-corrected chi connectivity index (χ3v) is 6.24. The summed E-state index contributed by atoms with van der Waals surface area (Å²) in [5.74, 6) is -8.06. The van der Waals surface area contributed by atoms with E-state index in [4.69, 9.17) is 21.7 Å². The Morgan fingerprint density at radius 3 is 1.98 bits per heavy atom. The van der Waals surface area contributed by atoms with Crippen molar-refractivity contribution in [2.75, 3.05) is 6.54 Å². The molecule has 19 heteroatoms. The van der Waals surface area contributed by atoms with Gasteiger partial charge in [-0.05, 0) is 39.2 Å². The van der Waals surface area contributed by atoms with Gasteiger partial charge in [0, 0.05) is 19.0 Å². The summed E-state index contributed by atoms with van der Waals surface area (Å²) in [6, 6.07) is -7.53. The number of carbonyl (C=O) groups is 7. The number of aliphatic hydroxyl groups excluding tert-OH is 1. The van der Waals surface area contributed by atoms with E-state index in [9.17, 15) is 43.8 Å². The van der Waals surface area contributed by atoms with Crippen LogP contribution in [-0.4, -0.2) is 115 Å². The number of hydrogen-bond acceptors (Lipinski definition) is 11. The SMILES string of the molecule is C[C@@H](O)[C@H](NC(=O)[C@H](Cc1c[nH]cn1)NC(=O)[C@@H](N)CC(=O)O)C(=O)N[C@@H](CCCCN)C(=O)N[C@@H](CCC(=O)O)C(=O)O. The van der Waals surface area contributed by atoms with Crippen molar-refractivity contribution in [1.82, 2.24) is 31.2 Å². The van der Waals surface area contributed by atoms with Crippen molar-refractivity contribution >= 4 is 41.5 Å². The lowest BCUT2D eigenvalue weighted by Gasteiger charge is -2.27. The van der Waals surface area contributed by atoms with Crippen LogP contribution < -0.4 is 32.7 Å². The van der Waals surface area contributed by atoms with Gasteiger partial charge in [0.25, 0.3) is 0 Å². The van der Waals surface area contributed by atoms with E-state index in [-0.39, 0.29) is 19.4 Å². The molecule has 1 aromatic heterocycles. The first-order valence-corrected chi connectivity index (χ1v) is 13.6. The minimum atomic E-state index is -1.68. The standard InChI is InChI=1S/C25H40N8O11/c1-12(34)20(33-23(41)17(8-13-10-28-11-29-13)32-21(39)14(27)9-19(37)38)24(42)30-15(4-2-3-7-26)22(40)31-16(25(43)44)5-6-18(35)36/h10-12,14-17,20,34H,2-9,26-27H2,1H3,(H,28,29)(H,30,42)(H,31,40)(H,32,39)(H,33,41)(H,35,36)(H,37,38)(H,43,44)/t12-,14+,15+,16+,17+,20+/m1/s1. The first kappa shape index (κ1) is 37.4. The molecular weight excluding hydrogens is 588 g/mol. The van der Waals surface area contributed by atoms with Crippen LogP contribution in [0.4, 0.5) is 0 Å². The minimum Gasteiger partial charge on any atom is -0.481 e. The normalized spacial score (nSPS) is 15.0. The van der Waals surface area contributed by atoms with Gasteiger partial charge in [-0.15, -0.1) is 0 Å². The average molecular weight is 629 g/mol. The van der Waals surface area contributed by atoms with Gasteiger partial charge in [0.15, 0.2) is 0 Å². The molecule has 0 bridgehead atoms. The van der Waals surface area contributed by atoms with Crippen LogP contribution in [0.3, 0.4) is 0 Å². The van der Waals surface area contributed by atoms with E-state index in [0.717, 1.165) is 0 Å². The monoisotopic (exact) mass is 628 g/mol. The Kier molecular flexibility index (Phi) is 16.0. The average Bonchev–Trinajstić information content (AvgIpc) is 3.45. The predicted octanol–water partition coefficient (Wildman–Crippen LogP) is -3.85. The van der Waals surface area contributed by atoms with Crippen LogP contribution in [0.5, 0.6) is 0 Å². The zero-order valence-corrected chi connectivity index (χ0v) is 24.0. The zero-order chi connectivity index (χ0) is 33.4. The van der Waals surface area contributed by atoms with Crippen LogP contribution >= 0.6 is 0 Å². The molecule has 0 aliphatic heterocycles. The summed E-state index contributed by atoms with van der Waals surface area (Å²) in [6.45, 7) is 1.43. The van der Waals surface area contributed by atoms with Crippen molar-refractivity contribution in [1.29, 1.82) is 0 Å². The number of nitrogens with one attached hydrogen (secondary N) is 5. The number of carboxylic acids is 3. The molecule has 0 saturated heterocycles. The molecule has 6 atom stereocenters. The van der Waals surface area contributed by atoms with Crippen LogP contribution in [0.15, 0.2) is 12.5 Å². The first-order valence-electron chi connectivity index (χ1n) is 13.6. The number of carboxylic acid groups (broad SMARTS) is 3. The Bertz CT molecular complexity index is 1150. The lowest BCUT2D eigenvalue weighted by Crippen LogP contribution is -2.61. The summed E-state index contributed by atoms with van der Waals surface area (Å²) in [4.78, 5) is 91.9. The summed E-state index contributed by atoms with van der Waals surface area (Å²) in [7, 11) is 0. The van der Waals surface area contributed by atoms with Gasteiger partial charge in [0.05, 0.1) is 30.6 Å². The van der Waals surface area contributed by atoms with Gasteiger partial charge < -0.3 is 58.1 Å². The summed E-state index contributed by atoms with van der Waals surface area (Å²) in [6.07, 6.45) is 0.0252. The third kappa shape index (κ3) is 13.6. The molecule has 1 heterocycles. The van der Waals surface area contributed by atoms with Crippen molar-refractivity contribution in [2.45, 2.75) is 88.2 Å². The van der Waals surface area contributed by atoms with E-state index in [2.05, 4.69) is 31.2 Å². The van der Waals surface area contributed by atoms with Gasteiger partial charge in [-0.25, -0.2) is 9.78 Å². The number of H-pyrrole nitrogens is 1. The fraction of sp³-hybridized carbons (Fsp3) is 0.600. The van der Waals surface area contributed by atoms with Crippen molar-refractivity contribution in [2.24, 2.45) is 11.5 Å². The lowest BCUT2D eigenvalue weighted by atomic mass is 10.0. The number of carbonyl (C=O) groups excluding carboxylic acids is 4. The summed E-state index contributed by atoms with van der Waals surface area (Å²) < 4.78 is 0. The molecule has 0 aromatic carbocycles. The van der Waals surface area contributed by atoms with Gasteiger partial charge in [-0.2, -0.15) is 0 Å². The number of amides is 4. The molecule has 0 spiro atoms. The predicted molar refractivity (Wildman–Crippen MR) is 149 cm³/mol. The van der Waals surface area contributed by atoms with Gasteiger partial charge in [0.1, 0.15) is 24.2 Å². The first-order chi connectivity index (χ1) is 20.7. The third-order valence-electron chi connectivity index (χ3n) is 6.24. The quantitative estimate of drug-likeness (QED) is 0.0581. The van der Waals surface area contributed by atoms with Crippen molar-refractivity contribution < 1.29 is 54.0 Å². The second-order valence-electron chi connectivity index (χ2n) is 9.93. The number of nitrogens with two attached hydrogens (primary N) is 2. The molecule has 0 radical (unpaired) electrons. The van der Waals surface area contributed by atoms with Crippen molar-refractivity contribution in [3.63, 3.8) is 0 Å². The smallest absolute Gasteiger partial charge is 0.326 e. The largest absolute Gasteiger partial charge is 0.481 e. The highest BCUT2D eigenvalue weighted by Crippen LogP contribution is 2.07. The Balaban J connectivity index is 3.13. The van der Waals surface area contributed by atoms with E-state index in [1.165, 1.54) is 19.4 Å². The number of nitrogens with zero attached hydrogens (tertiary/aromatic N) is 1. The molecule has 4 amide bonds. The molecule has 0 aliphatic rings. The summed E-state index contributed by atoms with van der Waals surface area (Å²) in [5, 5.41) is 46.7. The molecule has 246 valence electrons. The molecule has 13 N–H and O–H groups in total. The second kappa shape index (κ2) is 18.8. The summed E-state index contributed by atoms with van der Waals surface area (Å²) in [5.41, 5.74) is 11.4. The van der Waals surface area contributed by atoms with E-state index < -0.39 is 97.1 Å².